The maximum Gasteiger partial charge on any atom is 0.143 e. The molecule has 3 heterocycles. The summed E-state index contributed by atoms with van der Waals surface area (Å²) in [6.45, 7) is 0. The number of furan rings is 2. The van der Waals surface area contributed by atoms with Crippen molar-refractivity contribution in [1.29, 1.82) is 0 Å². The molecule has 0 saturated heterocycles. The van der Waals surface area contributed by atoms with Crippen LogP contribution in [0.1, 0.15) is 0 Å². The molecule has 0 unspecified atom stereocenters. The van der Waals surface area contributed by atoms with Gasteiger partial charge in [-0.1, -0.05) is 133 Å². The molecule has 3 aromatic heterocycles. The third-order valence-electron chi connectivity index (χ3n) is 12.3. The van der Waals surface area contributed by atoms with Crippen molar-refractivity contribution in [3.05, 3.63) is 200 Å². The summed E-state index contributed by atoms with van der Waals surface area (Å²) >= 11 is 1.84. The van der Waals surface area contributed by atoms with Crippen molar-refractivity contribution >= 4 is 114 Å². The van der Waals surface area contributed by atoms with E-state index in [1.807, 2.05) is 11.3 Å². The van der Waals surface area contributed by atoms with Gasteiger partial charge in [-0.15, -0.1) is 11.3 Å². The molecule has 0 aliphatic rings. The number of hydrogen-bond acceptors (Lipinski definition) is 4. The lowest BCUT2D eigenvalue weighted by Crippen LogP contribution is -2.10. The van der Waals surface area contributed by atoms with Gasteiger partial charge in [0.1, 0.15) is 22.3 Å². The number of anilines is 3. The predicted molar refractivity (Wildman–Crippen MR) is 254 cm³/mol. The Morgan fingerprint density at radius 1 is 0.350 bits per heavy atom. The Balaban J connectivity index is 0.931. The van der Waals surface area contributed by atoms with E-state index in [-0.39, 0.29) is 0 Å². The van der Waals surface area contributed by atoms with Crippen molar-refractivity contribution in [2.24, 2.45) is 0 Å². The van der Waals surface area contributed by atoms with E-state index in [9.17, 15) is 0 Å². The monoisotopic (exact) mass is 783 g/mol. The fourth-order valence-electron chi connectivity index (χ4n) is 9.40. The topological polar surface area (TPSA) is 29.5 Å². The van der Waals surface area contributed by atoms with E-state index in [1.165, 1.54) is 30.9 Å². The van der Waals surface area contributed by atoms with Crippen molar-refractivity contribution in [3.8, 4) is 22.3 Å². The maximum absolute atomic E-state index is 6.74. The first-order chi connectivity index (χ1) is 29.7. The second kappa shape index (κ2) is 12.9. The van der Waals surface area contributed by atoms with E-state index in [4.69, 9.17) is 8.83 Å². The minimum Gasteiger partial charge on any atom is -0.455 e. The molecule has 0 spiro atoms. The summed E-state index contributed by atoms with van der Waals surface area (Å²) in [4.78, 5) is 2.40. The summed E-state index contributed by atoms with van der Waals surface area (Å²) in [5, 5.41) is 11.7. The maximum atomic E-state index is 6.74. The molecule has 3 nitrogen and oxygen atoms in total. The highest BCUT2D eigenvalue weighted by Crippen LogP contribution is 2.46. The SMILES string of the molecule is c1ccc2c(c1)ccc1c3ccc(-c4ccc(N(c5ccc(-c6cccc7c6oc6c8ccccc8ccc76)cc5)c5cccc6sc7ccccc7c56)cc4)cc3oc21. The first-order valence-electron chi connectivity index (χ1n) is 20.3. The molecular formula is C56H33NO2S. The lowest BCUT2D eigenvalue weighted by Gasteiger charge is -2.27. The van der Waals surface area contributed by atoms with Crippen LogP contribution in [0, 0.1) is 0 Å². The van der Waals surface area contributed by atoms with E-state index in [0.717, 1.165) is 94.0 Å². The van der Waals surface area contributed by atoms with Gasteiger partial charge >= 0.3 is 0 Å². The van der Waals surface area contributed by atoms with Crippen LogP contribution in [0.15, 0.2) is 209 Å². The molecule has 0 radical (unpaired) electrons. The molecule has 0 aliphatic heterocycles. The molecular weight excluding hydrogens is 751 g/mol. The van der Waals surface area contributed by atoms with Crippen LogP contribution in [0.5, 0.6) is 0 Å². The summed E-state index contributed by atoms with van der Waals surface area (Å²) in [6.07, 6.45) is 0. The van der Waals surface area contributed by atoms with Crippen LogP contribution in [0.4, 0.5) is 17.1 Å². The molecule has 0 atom stereocenters. The summed E-state index contributed by atoms with van der Waals surface area (Å²) in [7, 11) is 0. The van der Waals surface area contributed by atoms with Crippen molar-refractivity contribution in [1.82, 2.24) is 0 Å². The lowest BCUT2D eigenvalue weighted by molar-refractivity contribution is 0.672. The molecule has 0 aliphatic carbocycles. The number of thiophene rings is 1. The first-order valence-corrected chi connectivity index (χ1v) is 21.1. The van der Waals surface area contributed by atoms with Crippen LogP contribution >= 0.6 is 11.3 Å². The smallest absolute Gasteiger partial charge is 0.143 e. The van der Waals surface area contributed by atoms with Gasteiger partial charge in [0.15, 0.2) is 0 Å². The van der Waals surface area contributed by atoms with E-state index in [0.29, 0.717) is 0 Å². The van der Waals surface area contributed by atoms with Gasteiger partial charge in [0.05, 0.1) is 5.69 Å². The molecule has 10 aromatic carbocycles. The molecule has 0 saturated carbocycles. The summed E-state index contributed by atoms with van der Waals surface area (Å²) in [5.74, 6) is 0. The van der Waals surface area contributed by atoms with Crippen LogP contribution in [0.2, 0.25) is 0 Å². The molecule has 280 valence electrons. The average molecular weight is 784 g/mol. The van der Waals surface area contributed by atoms with E-state index in [2.05, 4.69) is 205 Å². The van der Waals surface area contributed by atoms with E-state index >= 15 is 0 Å². The largest absolute Gasteiger partial charge is 0.455 e. The fourth-order valence-corrected chi connectivity index (χ4v) is 10.5. The van der Waals surface area contributed by atoms with Gasteiger partial charge in [-0.2, -0.15) is 0 Å². The van der Waals surface area contributed by atoms with Gasteiger partial charge in [0.2, 0.25) is 0 Å². The molecule has 13 aromatic rings. The van der Waals surface area contributed by atoms with E-state index in [1.54, 1.807) is 0 Å². The zero-order valence-electron chi connectivity index (χ0n) is 32.2. The second-order valence-corrected chi connectivity index (χ2v) is 16.7. The van der Waals surface area contributed by atoms with Crippen LogP contribution in [0.25, 0.3) is 108 Å². The normalized spacial score (nSPS) is 12.0. The Kier molecular flexibility index (Phi) is 7.18. The summed E-state index contributed by atoms with van der Waals surface area (Å²) in [6, 6.07) is 72.0. The number of rotatable bonds is 5. The number of fused-ring (bicyclic) bond motifs is 13. The Labute approximate surface area is 348 Å². The predicted octanol–water partition coefficient (Wildman–Crippen LogP) is 17.0. The summed E-state index contributed by atoms with van der Waals surface area (Å²) < 4.78 is 15.8. The number of nitrogens with zero attached hydrogens (tertiary/aromatic N) is 1. The zero-order chi connectivity index (χ0) is 39.3. The van der Waals surface area contributed by atoms with Crippen LogP contribution in [0.3, 0.4) is 0 Å². The highest BCUT2D eigenvalue weighted by atomic mass is 32.1. The van der Waals surface area contributed by atoms with Gasteiger partial charge in [-0.05, 0) is 94.2 Å². The quantitative estimate of drug-likeness (QED) is 0.174. The number of benzene rings is 10. The molecule has 13 rings (SSSR count). The molecule has 60 heavy (non-hydrogen) atoms. The summed E-state index contributed by atoms with van der Waals surface area (Å²) in [5.41, 5.74) is 11.4. The molecule has 0 N–H and O–H groups in total. The zero-order valence-corrected chi connectivity index (χ0v) is 33.0. The van der Waals surface area contributed by atoms with Crippen LogP contribution in [-0.4, -0.2) is 0 Å². The van der Waals surface area contributed by atoms with Crippen LogP contribution in [-0.2, 0) is 0 Å². The highest BCUT2D eigenvalue weighted by Gasteiger charge is 2.20. The highest BCUT2D eigenvalue weighted by molar-refractivity contribution is 7.26. The number of para-hydroxylation sites is 1. The minimum atomic E-state index is 0.896. The van der Waals surface area contributed by atoms with Crippen molar-refractivity contribution in [3.63, 3.8) is 0 Å². The molecule has 0 amide bonds. The van der Waals surface area contributed by atoms with Gasteiger partial charge < -0.3 is 13.7 Å². The van der Waals surface area contributed by atoms with Gasteiger partial charge in [-0.25, -0.2) is 0 Å². The Hall–Kier alpha value is -7.66. The standard InChI is InChI=1S/C56H33NO2S/c1-3-11-41-35(9-1)23-31-46-44-30-25-38(33-50(44)58-54(41)46)34-19-26-39(27-20-34)57(49-16-8-18-52-53(49)48-13-5-6-17-51(48)60-52)40-28-21-37(22-29-40)43-14-7-15-45-47-32-24-36-10-2-4-12-42(36)56(47)59-55(43)45/h1-33H. The van der Waals surface area contributed by atoms with Gasteiger partial charge in [-0.3, -0.25) is 0 Å². The average Bonchev–Trinajstić information content (AvgIpc) is 4.01. The van der Waals surface area contributed by atoms with Gasteiger partial charge in [0.25, 0.3) is 0 Å². The third-order valence-corrected chi connectivity index (χ3v) is 13.4. The van der Waals surface area contributed by atoms with E-state index < -0.39 is 0 Å². The minimum absolute atomic E-state index is 0.896. The molecule has 4 heteroatoms. The second-order valence-electron chi connectivity index (χ2n) is 15.6. The van der Waals surface area contributed by atoms with Crippen molar-refractivity contribution in [2.45, 2.75) is 0 Å². The van der Waals surface area contributed by atoms with Crippen LogP contribution < -0.4 is 4.90 Å². The third kappa shape index (κ3) is 5.01. The fraction of sp³-hybridized carbons (Fsp3) is 0. The lowest BCUT2D eigenvalue weighted by atomic mass is 10.0. The molecule has 0 bridgehead atoms. The van der Waals surface area contributed by atoms with Crippen molar-refractivity contribution < 1.29 is 8.83 Å². The Morgan fingerprint density at radius 2 is 0.900 bits per heavy atom. The van der Waals surface area contributed by atoms with Crippen molar-refractivity contribution in [2.75, 3.05) is 4.90 Å². The number of hydrogen-bond donors (Lipinski definition) is 0. The first kappa shape index (κ1) is 33.3. The molecule has 0 fully saturated rings. The Bertz CT molecular complexity index is 3830. The Morgan fingerprint density at radius 3 is 1.65 bits per heavy atom. The van der Waals surface area contributed by atoms with Gasteiger partial charge in [0, 0.05) is 69.4 Å².